The van der Waals surface area contributed by atoms with E-state index in [0.717, 1.165) is 25.9 Å². The summed E-state index contributed by atoms with van der Waals surface area (Å²) in [5.41, 5.74) is 1.36. The molecule has 0 spiro atoms. The Kier molecular flexibility index (Phi) is 7.70. The van der Waals surface area contributed by atoms with Crippen molar-refractivity contribution in [2.75, 3.05) is 18.0 Å². The van der Waals surface area contributed by atoms with Crippen LogP contribution in [0.4, 0.5) is 11.4 Å². The molecule has 9 nitrogen and oxygen atoms in total. The van der Waals surface area contributed by atoms with E-state index in [0.29, 0.717) is 17.2 Å². The van der Waals surface area contributed by atoms with E-state index in [1.165, 1.54) is 24.3 Å². The Balaban J connectivity index is 1.81. The number of hydrogen-bond acceptors (Lipinski definition) is 6. The van der Waals surface area contributed by atoms with Gasteiger partial charge >= 0.3 is 0 Å². The van der Waals surface area contributed by atoms with E-state index >= 15 is 0 Å². The minimum atomic E-state index is -3.66. The van der Waals surface area contributed by atoms with Crippen LogP contribution in [0.3, 0.4) is 0 Å². The standard InChI is InChI=1S/C23H30N4O5S/c1-16(2)25-33(31,32)20-6-4-5-18(13-20)15-24-23(28)21-14-19(27(29)30)7-8-22(21)26-11-9-17(3)10-12-26/h4-8,13-14,16-17,25H,9-12,15H2,1-3H3,(H,24,28). The molecule has 0 atom stereocenters. The summed E-state index contributed by atoms with van der Waals surface area (Å²) in [5.74, 6) is 0.159. The largest absolute Gasteiger partial charge is 0.371 e. The van der Waals surface area contributed by atoms with Gasteiger partial charge in [0.1, 0.15) is 0 Å². The molecule has 1 amide bonds. The maximum Gasteiger partial charge on any atom is 0.270 e. The molecule has 178 valence electrons. The average Bonchev–Trinajstić information content (AvgIpc) is 2.77. The summed E-state index contributed by atoms with van der Waals surface area (Å²) in [6.45, 7) is 7.31. The van der Waals surface area contributed by atoms with Gasteiger partial charge in [0, 0.05) is 37.8 Å². The van der Waals surface area contributed by atoms with Crippen LogP contribution in [0.25, 0.3) is 0 Å². The highest BCUT2D eigenvalue weighted by Crippen LogP contribution is 2.29. The first-order valence-corrected chi connectivity index (χ1v) is 12.5. The summed E-state index contributed by atoms with van der Waals surface area (Å²) < 4.78 is 27.4. The van der Waals surface area contributed by atoms with Gasteiger partial charge in [-0.1, -0.05) is 19.1 Å². The van der Waals surface area contributed by atoms with Crippen molar-refractivity contribution in [1.29, 1.82) is 0 Å². The van der Waals surface area contributed by atoms with Crippen molar-refractivity contribution in [3.8, 4) is 0 Å². The van der Waals surface area contributed by atoms with Crippen LogP contribution in [0, 0.1) is 16.0 Å². The van der Waals surface area contributed by atoms with Gasteiger partial charge in [0.15, 0.2) is 0 Å². The van der Waals surface area contributed by atoms with Gasteiger partial charge in [0.2, 0.25) is 10.0 Å². The molecule has 0 aromatic heterocycles. The highest BCUT2D eigenvalue weighted by molar-refractivity contribution is 7.89. The number of amides is 1. The number of anilines is 1. The summed E-state index contributed by atoms with van der Waals surface area (Å²) >= 11 is 0. The molecule has 0 radical (unpaired) electrons. The SMILES string of the molecule is CC1CCN(c2ccc([N+](=O)[O-])cc2C(=O)NCc2cccc(S(=O)(=O)NC(C)C)c2)CC1. The van der Waals surface area contributed by atoms with Gasteiger partial charge in [-0.05, 0) is 56.4 Å². The van der Waals surface area contributed by atoms with Crippen LogP contribution in [0.2, 0.25) is 0 Å². The Morgan fingerprint density at radius 2 is 1.88 bits per heavy atom. The van der Waals surface area contributed by atoms with E-state index < -0.39 is 20.9 Å². The summed E-state index contributed by atoms with van der Waals surface area (Å²) in [6, 6.07) is 10.4. The van der Waals surface area contributed by atoms with Gasteiger partial charge < -0.3 is 10.2 Å². The molecule has 2 aromatic rings. The number of nitrogens with one attached hydrogen (secondary N) is 2. The monoisotopic (exact) mass is 474 g/mol. The normalized spacial score (nSPS) is 15.0. The molecule has 0 saturated carbocycles. The summed E-state index contributed by atoms with van der Waals surface area (Å²) in [5, 5.41) is 14.1. The van der Waals surface area contributed by atoms with Crippen molar-refractivity contribution in [3.05, 3.63) is 63.7 Å². The fraction of sp³-hybridized carbons (Fsp3) is 0.435. The molecule has 10 heteroatoms. The van der Waals surface area contributed by atoms with Crippen LogP contribution in [0.15, 0.2) is 47.4 Å². The van der Waals surface area contributed by atoms with Crippen molar-refractivity contribution in [2.24, 2.45) is 5.92 Å². The predicted octanol–water partition coefficient (Wildman–Crippen LogP) is 3.45. The Hall–Kier alpha value is -2.98. The third-order valence-corrected chi connectivity index (χ3v) is 7.27. The first kappa shape index (κ1) is 24.7. The minimum absolute atomic E-state index is 0.0863. The zero-order valence-electron chi connectivity index (χ0n) is 19.1. The molecule has 1 heterocycles. The van der Waals surface area contributed by atoms with Crippen molar-refractivity contribution in [2.45, 2.75) is 51.1 Å². The van der Waals surface area contributed by atoms with E-state index in [2.05, 4.69) is 21.9 Å². The maximum atomic E-state index is 13.1. The second-order valence-electron chi connectivity index (χ2n) is 8.73. The van der Waals surface area contributed by atoms with Gasteiger partial charge in [0.05, 0.1) is 21.1 Å². The highest BCUT2D eigenvalue weighted by atomic mass is 32.2. The summed E-state index contributed by atoms with van der Waals surface area (Å²) in [6.07, 6.45) is 1.98. The third kappa shape index (κ3) is 6.29. The van der Waals surface area contributed by atoms with E-state index in [4.69, 9.17) is 0 Å². The van der Waals surface area contributed by atoms with Gasteiger partial charge in [-0.15, -0.1) is 0 Å². The molecule has 2 aromatic carbocycles. The van der Waals surface area contributed by atoms with Crippen LogP contribution in [-0.4, -0.2) is 38.4 Å². The van der Waals surface area contributed by atoms with Crippen molar-refractivity contribution in [3.63, 3.8) is 0 Å². The Morgan fingerprint density at radius 3 is 2.52 bits per heavy atom. The second-order valence-corrected chi connectivity index (χ2v) is 10.4. The number of hydrogen-bond donors (Lipinski definition) is 2. The lowest BCUT2D eigenvalue weighted by Crippen LogP contribution is -2.35. The summed E-state index contributed by atoms with van der Waals surface area (Å²) in [7, 11) is -3.66. The molecule has 1 fully saturated rings. The number of carbonyl (C=O) groups is 1. The number of non-ortho nitro benzene ring substituents is 1. The second kappa shape index (κ2) is 10.3. The molecule has 1 aliphatic heterocycles. The number of nitro benzene ring substituents is 1. The molecular weight excluding hydrogens is 444 g/mol. The molecule has 0 bridgehead atoms. The highest BCUT2D eigenvalue weighted by Gasteiger charge is 2.23. The zero-order chi connectivity index (χ0) is 24.2. The van der Waals surface area contributed by atoms with E-state index in [1.54, 1.807) is 32.0 Å². The first-order valence-electron chi connectivity index (χ1n) is 11.0. The van der Waals surface area contributed by atoms with E-state index in [1.807, 2.05) is 0 Å². The zero-order valence-corrected chi connectivity index (χ0v) is 19.9. The summed E-state index contributed by atoms with van der Waals surface area (Å²) in [4.78, 5) is 26.0. The fourth-order valence-electron chi connectivity index (χ4n) is 3.82. The van der Waals surface area contributed by atoms with E-state index in [9.17, 15) is 23.3 Å². The molecular formula is C23H30N4O5S. The Bertz CT molecular complexity index is 1130. The van der Waals surface area contributed by atoms with Crippen molar-refractivity contribution < 1.29 is 18.1 Å². The van der Waals surface area contributed by atoms with Crippen LogP contribution in [0.5, 0.6) is 0 Å². The lowest BCUT2D eigenvalue weighted by atomic mass is 9.98. The number of rotatable bonds is 8. The van der Waals surface area contributed by atoms with Gasteiger partial charge in [0.25, 0.3) is 11.6 Å². The maximum absolute atomic E-state index is 13.1. The van der Waals surface area contributed by atoms with Crippen LogP contribution < -0.4 is 14.9 Å². The fourth-order valence-corrected chi connectivity index (χ4v) is 5.14. The van der Waals surface area contributed by atoms with Crippen LogP contribution >= 0.6 is 0 Å². The number of sulfonamides is 1. The molecule has 1 aliphatic rings. The number of carbonyl (C=O) groups excluding carboxylic acids is 1. The molecule has 3 rings (SSSR count). The molecule has 0 aliphatic carbocycles. The van der Waals surface area contributed by atoms with Crippen LogP contribution in [-0.2, 0) is 16.6 Å². The Morgan fingerprint density at radius 1 is 1.18 bits per heavy atom. The lowest BCUT2D eigenvalue weighted by molar-refractivity contribution is -0.384. The van der Waals surface area contributed by atoms with Gasteiger partial charge in [-0.3, -0.25) is 14.9 Å². The average molecular weight is 475 g/mol. The predicted molar refractivity (Wildman–Crippen MR) is 127 cm³/mol. The topological polar surface area (TPSA) is 122 Å². The van der Waals surface area contributed by atoms with Gasteiger partial charge in [-0.25, -0.2) is 13.1 Å². The third-order valence-electron chi connectivity index (χ3n) is 5.61. The lowest BCUT2D eigenvalue weighted by Gasteiger charge is -2.33. The minimum Gasteiger partial charge on any atom is -0.371 e. The first-order chi connectivity index (χ1) is 15.6. The number of nitrogens with zero attached hydrogens (tertiary/aromatic N) is 2. The smallest absolute Gasteiger partial charge is 0.270 e. The number of benzene rings is 2. The molecule has 33 heavy (non-hydrogen) atoms. The number of nitro groups is 1. The molecule has 1 saturated heterocycles. The van der Waals surface area contributed by atoms with Crippen molar-refractivity contribution >= 4 is 27.3 Å². The van der Waals surface area contributed by atoms with Gasteiger partial charge in [-0.2, -0.15) is 0 Å². The van der Waals surface area contributed by atoms with Crippen molar-refractivity contribution in [1.82, 2.24) is 10.0 Å². The van der Waals surface area contributed by atoms with E-state index in [-0.39, 0.29) is 28.7 Å². The molecule has 2 N–H and O–H groups in total. The van der Waals surface area contributed by atoms with Crippen LogP contribution in [0.1, 0.15) is 49.5 Å². The number of piperidine rings is 1. The Labute approximate surface area is 194 Å². The molecule has 0 unspecified atom stereocenters. The quantitative estimate of drug-likeness (QED) is 0.446.